The molecule has 0 unspecified atom stereocenters. The molecule has 0 aliphatic rings. The maximum absolute atomic E-state index is 13.0. The topological polar surface area (TPSA) is 90.7 Å². The van der Waals surface area contributed by atoms with E-state index in [9.17, 15) is 19.3 Å². The second-order valence-electron chi connectivity index (χ2n) is 5.63. The fourth-order valence-electron chi connectivity index (χ4n) is 2.28. The lowest BCUT2D eigenvalue weighted by Crippen LogP contribution is -2.37. The highest BCUT2D eigenvalue weighted by atomic mass is 19.1. The summed E-state index contributed by atoms with van der Waals surface area (Å²) in [6.07, 6.45) is -0.968. The number of nitrogens with one attached hydrogen (secondary N) is 1. The molecule has 2 aromatic rings. The second kappa shape index (κ2) is 8.28. The first-order chi connectivity index (χ1) is 12.3. The fraction of sp³-hybridized carbons (Fsp3) is 0.278. The largest absolute Gasteiger partial charge is 0.496 e. The van der Waals surface area contributed by atoms with Crippen LogP contribution in [0.2, 0.25) is 0 Å². The van der Waals surface area contributed by atoms with Crippen molar-refractivity contribution in [1.82, 2.24) is 5.32 Å². The number of nitrogens with zero attached hydrogens (tertiary/aromatic N) is 1. The van der Waals surface area contributed by atoms with Crippen molar-refractivity contribution in [3.05, 3.63) is 64.0 Å². The molecule has 7 nitrogen and oxygen atoms in total. The van der Waals surface area contributed by atoms with E-state index in [1.165, 1.54) is 44.4 Å². The summed E-state index contributed by atoms with van der Waals surface area (Å²) in [6, 6.07) is 9.48. The smallest absolute Gasteiger partial charge is 0.314 e. The van der Waals surface area contributed by atoms with Gasteiger partial charge in [0.1, 0.15) is 11.6 Å². The Hall–Kier alpha value is -3.16. The van der Waals surface area contributed by atoms with Crippen LogP contribution < -0.4 is 14.8 Å². The zero-order valence-corrected chi connectivity index (χ0v) is 14.6. The van der Waals surface area contributed by atoms with Gasteiger partial charge in [-0.3, -0.25) is 14.9 Å². The van der Waals surface area contributed by atoms with Crippen molar-refractivity contribution in [2.75, 3.05) is 7.11 Å². The Labute approximate surface area is 149 Å². The van der Waals surface area contributed by atoms with Crippen LogP contribution in [0.15, 0.2) is 42.5 Å². The highest BCUT2D eigenvalue weighted by Gasteiger charge is 2.23. The van der Waals surface area contributed by atoms with Crippen molar-refractivity contribution in [2.24, 2.45) is 0 Å². The summed E-state index contributed by atoms with van der Waals surface area (Å²) in [4.78, 5) is 22.9. The van der Waals surface area contributed by atoms with Gasteiger partial charge in [0.25, 0.3) is 5.91 Å². The molecule has 0 fully saturated rings. The summed E-state index contributed by atoms with van der Waals surface area (Å²) in [6.45, 7) is 3.23. The number of ether oxygens (including phenoxy) is 2. The van der Waals surface area contributed by atoms with E-state index in [0.29, 0.717) is 5.75 Å². The monoisotopic (exact) mass is 362 g/mol. The minimum atomic E-state index is -0.968. The third-order valence-corrected chi connectivity index (χ3v) is 3.76. The maximum atomic E-state index is 13.0. The summed E-state index contributed by atoms with van der Waals surface area (Å²) >= 11 is 0. The van der Waals surface area contributed by atoms with Gasteiger partial charge >= 0.3 is 5.69 Å². The minimum Gasteiger partial charge on any atom is -0.496 e. The van der Waals surface area contributed by atoms with Gasteiger partial charge in [-0.2, -0.15) is 0 Å². The van der Waals surface area contributed by atoms with E-state index in [0.717, 1.165) is 5.56 Å². The van der Waals surface area contributed by atoms with Crippen LogP contribution in [0.5, 0.6) is 11.5 Å². The number of carbonyl (C=O) groups excluding carboxylic acids is 1. The molecule has 2 aromatic carbocycles. The van der Waals surface area contributed by atoms with Gasteiger partial charge < -0.3 is 14.8 Å². The Kier molecular flexibility index (Phi) is 6.11. The number of halogens is 1. The molecule has 0 aliphatic carbocycles. The van der Waals surface area contributed by atoms with Gasteiger partial charge in [0.2, 0.25) is 0 Å². The molecule has 0 radical (unpaired) electrons. The Balaban J connectivity index is 2.07. The number of hydrogen-bond donors (Lipinski definition) is 1. The highest BCUT2D eigenvalue weighted by Crippen LogP contribution is 2.31. The summed E-state index contributed by atoms with van der Waals surface area (Å²) in [5.74, 6) is -0.540. The molecule has 0 saturated carbocycles. The van der Waals surface area contributed by atoms with Crippen molar-refractivity contribution >= 4 is 11.6 Å². The molecule has 2 atom stereocenters. The van der Waals surface area contributed by atoms with E-state index in [1.54, 1.807) is 19.1 Å². The number of nitro benzene ring substituents is 1. The standard InChI is InChI=1S/C18H19FN2O5/c1-11(13-4-6-14(19)7-5-13)20-18(22)12(2)26-17-9-8-15(25-3)10-16(17)21(23)24/h4-12H,1-3H3,(H,20,22)/t11-,12+/m1/s1. The molecule has 0 bridgehead atoms. The van der Waals surface area contributed by atoms with E-state index in [1.807, 2.05) is 0 Å². The lowest BCUT2D eigenvalue weighted by molar-refractivity contribution is -0.386. The van der Waals surface area contributed by atoms with Gasteiger partial charge in [-0.05, 0) is 43.7 Å². The first-order valence-electron chi connectivity index (χ1n) is 7.86. The van der Waals surface area contributed by atoms with E-state index in [4.69, 9.17) is 9.47 Å². The number of hydrogen-bond acceptors (Lipinski definition) is 5. The maximum Gasteiger partial charge on any atom is 0.314 e. The molecule has 0 aliphatic heterocycles. The van der Waals surface area contributed by atoms with Crippen LogP contribution in [0.3, 0.4) is 0 Å². The molecular formula is C18H19FN2O5. The first-order valence-corrected chi connectivity index (χ1v) is 7.86. The summed E-state index contributed by atoms with van der Waals surface area (Å²) < 4.78 is 23.4. The molecule has 26 heavy (non-hydrogen) atoms. The van der Waals surface area contributed by atoms with E-state index in [2.05, 4.69) is 5.32 Å². The van der Waals surface area contributed by atoms with Gasteiger partial charge in [-0.15, -0.1) is 0 Å². The predicted molar refractivity (Wildman–Crippen MR) is 92.7 cm³/mol. The van der Waals surface area contributed by atoms with Crippen molar-refractivity contribution in [1.29, 1.82) is 0 Å². The molecule has 0 saturated heterocycles. The third kappa shape index (κ3) is 4.69. The van der Waals surface area contributed by atoms with Crippen LogP contribution in [-0.4, -0.2) is 24.0 Å². The first kappa shape index (κ1) is 19.2. The lowest BCUT2D eigenvalue weighted by Gasteiger charge is -2.19. The zero-order chi connectivity index (χ0) is 19.3. The van der Waals surface area contributed by atoms with E-state index >= 15 is 0 Å². The Morgan fingerprint density at radius 3 is 2.42 bits per heavy atom. The highest BCUT2D eigenvalue weighted by molar-refractivity contribution is 5.81. The second-order valence-corrected chi connectivity index (χ2v) is 5.63. The van der Waals surface area contributed by atoms with Gasteiger partial charge in [0.05, 0.1) is 24.1 Å². The zero-order valence-electron chi connectivity index (χ0n) is 14.6. The number of rotatable bonds is 7. The SMILES string of the molecule is COc1ccc(O[C@@H](C)C(=O)N[C@H](C)c2ccc(F)cc2)c([N+](=O)[O-])c1. The number of carbonyl (C=O) groups is 1. The summed E-state index contributed by atoms with van der Waals surface area (Å²) in [7, 11) is 1.40. The quantitative estimate of drug-likeness (QED) is 0.602. The van der Waals surface area contributed by atoms with Crippen molar-refractivity contribution < 1.29 is 23.6 Å². The van der Waals surface area contributed by atoms with Crippen molar-refractivity contribution in [3.63, 3.8) is 0 Å². The fourth-order valence-corrected chi connectivity index (χ4v) is 2.28. The normalized spacial score (nSPS) is 12.8. The molecule has 1 amide bonds. The molecular weight excluding hydrogens is 343 g/mol. The number of nitro groups is 1. The van der Waals surface area contributed by atoms with Gasteiger partial charge in [0, 0.05) is 0 Å². The average Bonchev–Trinajstić information content (AvgIpc) is 2.62. The molecule has 138 valence electrons. The van der Waals surface area contributed by atoms with Crippen LogP contribution >= 0.6 is 0 Å². The van der Waals surface area contributed by atoms with Crippen molar-refractivity contribution in [3.8, 4) is 11.5 Å². The summed E-state index contributed by atoms with van der Waals surface area (Å²) in [5.41, 5.74) is 0.429. The molecule has 0 aromatic heterocycles. The molecule has 0 heterocycles. The molecule has 2 rings (SSSR count). The van der Waals surface area contributed by atoms with Crippen LogP contribution in [0, 0.1) is 15.9 Å². The lowest BCUT2D eigenvalue weighted by atomic mass is 10.1. The van der Waals surface area contributed by atoms with Crippen LogP contribution in [0.1, 0.15) is 25.5 Å². The average molecular weight is 362 g/mol. The van der Waals surface area contributed by atoms with Crippen LogP contribution in [0.25, 0.3) is 0 Å². The third-order valence-electron chi connectivity index (χ3n) is 3.76. The van der Waals surface area contributed by atoms with E-state index < -0.39 is 16.9 Å². The summed E-state index contributed by atoms with van der Waals surface area (Å²) in [5, 5.41) is 13.9. The number of amides is 1. The van der Waals surface area contributed by atoms with Gasteiger partial charge in [-0.1, -0.05) is 12.1 Å². The molecule has 1 N–H and O–H groups in total. The molecule has 0 spiro atoms. The number of benzene rings is 2. The van der Waals surface area contributed by atoms with Crippen molar-refractivity contribution in [2.45, 2.75) is 26.0 Å². The van der Waals surface area contributed by atoms with Crippen LogP contribution in [0.4, 0.5) is 10.1 Å². The Morgan fingerprint density at radius 1 is 1.19 bits per heavy atom. The Bertz CT molecular complexity index is 795. The minimum absolute atomic E-state index is 0.0344. The van der Waals surface area contributed by atoms with E-state index in [-0.39, 0.29) is 23.3 Å². The van der Waals surface area contributed by atoms with Crippen LogP contribution in [-0.2, 0) is 4.79 Å². The molecule has 8 heteroatoms. The Morgan fingerprint density at radius 2 is 1.85 bits per heavy atom. The number of methoxy groups -OCH3 is 1. The van der Waals surface area contributed by atoms with Gasteiger partial charge in [-0.25, -0.2) is 4.39 Å². The van der Waals surface area contributed by atoms with Gasteiger partial charge in [0.15, 0.2) is 11.9 Å². The predicted octanol–water partition coefficient (Wildman–Crippen LogP) is 3.39.